The molecule has 0 aliphatic carbocycles. The van der Waals surface area contributed by atoms with Crippen LogP contribution in [-0.4, -0.2) is 40.4 Å². The van der Waals surface area contributed by atoms with Crippen molar-refractivity contribution in [1.82, 2.24) is 14.6 Å². The summed E-state index contributed by atoms with van der Waals surface area (Å²) in [5.41, 5.74) is 3.43. The van der Waals surface area contributed by atoms with Crippen molar-refractivity contribution in [3.63, 3.8) is 0 Å². The van der Waals surface area contributed by atoms with E-state index in [4.69, 9.17) is 9.47 Å². The van der Waals surface area contributed by atoms with Crippen LogP contribution in [0, 0.1) is 6.92 Å². The number of carbonyl (C=O) groups excluding carboxylic acids is 1. The van der Waals surface area contributed by atoms with Crippen molar-refractivity contribution < 1.29 is 14.3 Å². The number of carbonyl (C=O) groups is 1. The van der Waals surface area contributed by atoms with E-state index in [1.165, 1.54) is 11.8 Å². The molecule has 0 amide bonds. The van der Waals surface area contributed by atoms with Crippen molar-refractivity contribution in [2.24, 2.45) is 0 Å². The van der Waals surface area contributed by atoms with Crippen LogP contribution in [0.1, 0.15) is 15.9 Å². The van der Waals surface area contributed by atoms with Gasteiger partial charge in [-0.15, -0.1) is 10.2 Å². The molecule has 2 heterocycles. The summed E-state index contributed by atoms with van der Waals surface area (Å²) in [5, 5.41) is 10.3. The van der Waals surface area contributed by atoms with Crippen LogP contribution in [0.25, 0.3) is 16.6 Å². The Morgan fingerprint density at radius 2 is 1.82 bits per heavy atom. The first-order chi connectivity index (χ1) is 13.6. The highest BCUT2D eigenvalue weighted by molar-refractivity contribution is 7.99. The Balaban J connectivity index is 1.69. The Hall–Kier alpha value is -3.06. The number of benzene rings is 2. The Morgan fingerprint density at radius 1 is 1.04 bits per heavy atom. The highest BCUT2D eigenvalue weighted by atomic mass is 32.2. The quantitative estimate of drug-likeness (QED) is 0.362. The molecule has 0 saturated carbocycles. The minimum absolute atomic E-state index is 0.00893. The van der Waals surface area contributed by atoms with Gasteiger partial charge in [0, 0.05) is 17.0 Å². The van der Waals surface area contributed by atoms with Crippen LogP contribution in [0.15, 0.2) is 53.7 Å². The first-order valence-corrected chi connectivity index (χ1v) is 9.72. The minimum Gasteiger partial charge on any atom is -0.497 e. The van der Waals surface area contributed by atoms with Gasteiger partial charge in [-0.3, -0.25) is 9.20 Å². The molecule has 0 radical (unpaired) electrons. The number of fused-ring (bicyclic) bond motifs is 3. The molecule has 7 heteroatoms. The van der Waals surface area contributed by atoms with E-state index < -0.39 is 0 Å². The van der Waals surface area contributed by atoms with Crippen molar-refractivity contribution in [3.05, 3.63) is 59.7 Å². The van der Waals surface area contributed by atoms with Gasteiger partial charge < -0.3 is 9.47 Å². The standard InChI is InChI=1S/C21H19N3O3S/c1-13-9-20-22-23-21(24(20)18-11-16(27-3)7-8-17(13)18)28-12-19(25)14-5-4-6-15(10-14)26-2/h4-11H,12H2,1-3H3. The zero-order valence-corrected chi connectivity index (χ0v) is 16.6. The fourth-order valence-electron chi connectivity index (χ4n) is 3.13. The van der Waals surface area contributed by atoms with E-state index in [0.29, 0.717) is 16.5 Å². The number of pyridine rings is 1. The molecule has 0 unspecified atom stereocenters. The number of aryl methyl sites for hydroxylation is 1. The molecule has 142 valence electrons. The van der Waals surface area contributed by atoms with Crippen molar-refractivity contribution in [3.8, 4) is 11.5 Å². The van der Waals surface area contributed by atoms with Crippen molar-refractivity contribution in [2.75, 3.05) is 20.0 Å². The van der Waals surface area contributed by atoms with Crippen molar-refractivity contribution in [1.29, 1.82) is 0 Å². The van der Waals surface area contributed by atoms with Crippen LogP contribution in [0.4, 0.5) is 0 Å². The Morgan fingerprint density at radius 3 is 2.61 bits per heavy atom. The van der Waals surface area contributed by atoms with Gasteiger partial charge in [-0.25, -0.2) is 0 Å². The number of Topliss-reactive ketones (excluding diaryl/α,β-unsaturated/α-hetero) is 1. The smallest absolute Gasteiger partial charge is 0.196 e. The third-order valence-electron chi connectivity index (χ3n) is 4.60. The summed E-state index contributed by atoms with van der Waals surface area (Å²) < 4.78 is 12.5. The molecule has 2 aromatic heterocycles. The van der Waals surface area contributed by atoms with E-state index in [9.17, 15) is 4.79 Å². The molecule has 6 nitrogen and oxygen atoms in total. The van der Waals surface area contributed by atoms with Crippen LogP contribution < -0.4 is 9.47 Å². The van der Waals surface area contributed by atoms with Crippen molar-refractivity contribution in [2.45, 2.75) is 12.1 Å². The number of thioether (sulfide) groups is 1. The summed E-state index contributed by atoms with van der Waals surface area (Å²) in [7, 11) is 3.23. The second kappa shape index (κ2) is 7.52. The van der Waals surface area contributed by atoms with Gasteiger partial charge in [0.1, 0.15) is 11.5 Å². The lowest BCUT2D eigenvalue weighted by Crippen LogP contribution is -2.03. The number of hydrogen-bond acceptors (Lipinski definition) is 6. The SMILES string of the molecule is COc1cccc(C(=O)CSc2nnc3cc(C)c4ccc(OC)cc4n23)c1. The summed E-state index contributed by atoms with van der Waals surface area (Å²) in [6.45, 7) is 2.04. The Bertz CT molecular complexity index is 1190. The summed E-state index contributed by atoms with van der Waals surface area (Å²) >= 11 is 1.37. The number of ether oxygens (including phenoxy) is 2. The van der Waals surface area contributed by atoms with E-state index in [1.807, 2.05) is 47.7 Å². The molecule has 2 aromatic carbocycles. The molecular weight excluding hydrogens is 374 g/mol. The highest BCUT2D eigenvalue weighted by Gasteiger charge is 2.15. The number of nitrogens with zero attached hydrogens (tertiary/aromatic N) is 3. The van der Waals surface area contributed by atoms with Gasteiger partial charge in [-0.1, -0.05) is 23.9 Å². The number of aromatic nitrogens is 3. The predicted octanol–water partition coefficient (Wildman–Crippen LogP) is 4.18. The van der Waals surface area contributed by atoms with E-state index >= 15 is 0 Å². The number of ketones is 1. The molecule has 4 rings (SSSR count). The summed E-state index contributed by atoms with van der Waals surface area (Å²) in [6, 6.07) is 15.1. The molecule has 0 atom stereocenters. The molecule has 4 aromatic rings. The highest BCUT2D eigenvalue weighted by Crippen LogP contribution is 2.29. The van der Waals surface area contributed by atoms with Gasteiger partial charge in [0.25, 0.3) is 0 Å². The lowest BCUT2D eigenvalue weighted by atomic mass is 10.1. The molecule has 0 spiro atoms. The largest absolute Gasteiger partial charge is 0.497 e. The second-order valence-corrected chi connectivity index (χ2v) is 7.27. The average molecular weight is 393 g/mol. The first kappa shape index (κ1) is 18.3. The third kappa shape index (κ3) is 3.29. The fraction of sp³-hybridized carbons (Fsp3) is 0.190. The lowest BCUT2D eigenvalue weighted by molar-refractivity contribution is 0.102. The molecule has 0 saturated heterocycles. The van der Waals surface area contributed by atoms with E-state index in [2.05, 4.69) is 10.2 Å². The maximum absolute atomic E-state index is 12.6. The normalized spacial score (nSPS) is 11.1. The molecule has 0 fully saturated rings. The molecule has 0 bridgehead atoms. The molecule has 0 aliphatic rings. The zero-order valence-electron chi connectivity index (χ0n) is 15.8. The van der Waals surface area contributed by atoms with E-state index in [-0.39, 0.29) is 11.5 Å². The first-order valence-electron chi connectivity index (χ1n) is 8.73. The number of hydrogen-bond donors (Lipinski definition) is 0. The van der Waals surface area contributed by atoms with Crippen LogP contribution in [-0.2, 0) is 0 Å². The summed E-state index contributed by atoms with van der Waals surface area (Å²) in [6.07, 6.45) is 0. The van der Waals surface area contributed by atoms with Crippen LogP contribution in [0.2, 0.25) is 0 Å². The second-order valence-electron chi connectivity index (χ2n) is 6.33. The third-order valence-corrected chi connectivity index (χ3v) is 5.53. The topological polar surface area (TPSA) is 65.7 Å². The zero-order chi connectivity index (χ0) is 19.7. The van der Waals surface area contributed by atoms with E-state index in [1.54, 1.807) is 26.4 Å². The van der Waals surface area contributed by atoms with Gasteiger partial charge in [0.05, 0.1) is 25.5 Å². The van der Waals surface area contributed by atoms with Crippen LogP contribution in [0.5, 0.6) is 11.5 Å². The Kier molecular flexibility index (Phi) is 4.92. The fourth-order valence-corrected chi connectivity index (χ4v) is 3.98. The molecule has 0 N–H and O–H groups in total. The van der Waals surface area contributed by atoms with Gasteiger partial charge in [-0.05, 0) is 42.8 Å². The molecule has 28 heavy (non-hydrogen) atoms. The summed E-state index contributed by atoms with van der Waals surface area (Å²) in [4.78, 5) is 12.6. The van der Waals surface area contributed by atoms with E-state index in [0.717, 1.165) is 27.9 Å². The van der Waals surface area contributed by atoms with Crippen LogP contribution in [0.3, 0.4) is 0 Å². The van der Waals surface area contributed by atoms with Crippen LogP contribution >= 0.6 is 11.8 Å². The minimum atomic E-state index is 0.00893. The van der Waals surface area contributed by atoms with Gasteiger partial charge in [0.15, 0.2) is 16.6 Å². The molecule has 0 aliphatic heterocycles. The Labute approximate surface area is 166 Å². The maximum Gasteiger partial charge on any atom is 0.196 e. The monoisotopic (exact) mass is 393 g/mol. The molecular formula is C21H19N3O3S. The number of methoxy groups -OCH3 is 2. The number of rotatable bonds is 6. The predicted molar refractivity (Wildman–Crippen MR) is 110 cm³/mol. The van der Waals surface area contributed by atoms with Gasteiger partial charge >= 0.3 is 0 Å². The van der Waals surface area contributed by atoms with Gasteiger partial charge in [-0.2, -0.15) is 0 Å². The summed E-state index contributed by atoms with van der Waals surface area (Å²) in [5.74, 6) is 1.69. The lowest BCUT2D eigenvalue weighted by Gasteiger charge is -2.09. The maximum atomic E-state index is 12.6. The van der Waals surface area contributed by atoms with Gasteiger partial charge in [0.2, 0.25) is 0 Å². The van der Waals surface area contributed by atoms with Crippen molar-refractivity contribution >= 4 is 34.1 Å². The average Bonchev–Trinajstić information content (AvgIpc) is 3.14.